The summed E-state index contributed by atoms with van der Waals surface area (Å²) in [6.07, 6.45) is 2.88. The lowest BCUT2D eigenvalue weighted by Crippen LogP contribution is -2.31. The van der Waals surface area contributed by atoms with Crippen LogP contribution < -0.4 is 0 Å². The molecule has 7 heteroatoms. The maximum Gasteiger partial charge on any atom is 0.337 e. The van der Waals surface area contributed by atoms with Gasteiger partial charge in [-0.05, 0) is 18.2 Å². The molecule has 0 heterocycles. The molecular formula is C13H14ClNO4S. The highest BCUT2D eigenvalue weighted by atomic mass is 35.5. The summed E-state index contributed by atoms with van der Waals surface area (Å²) in [4.78, 5) is 10.9. The van der Waals surface area contributed by atoms with Gasteiger partial charge in [0.2, 0.25) is 10.0 Å². The molecule has 0 radical (unpaired) electrons. The Balaban J connectivity index is 3.33. The van der Waals surface area contributed by atoms with E-state index in [1.165, 1.54) is 24.3 Å². The van der Waals surface area contributed by atoms with E-state index in [0.717, 1.165) is 10.4 Å². The number of aromatic carboxylic acids is 1. The molecule has 1 rings (SSSR count). The lowest BCUT2D eigenvalue weighted by Gasteiger charge is -2.19. The molecule has 0 saturated heterocycles. The average molecular weight is 316 g/mol. The van der Waals surface area contributed by atoms with Crippen molar-refractivity contribution in [1.82, 2.24) is 4.31 Å². The topological polar surface area (TPSA) is 74.7 Å². The Kier molecular flexibility index (Phi) is 5.50. The molecule has 0 amide bonds. The summed E-state index contributed by atoms with van der Waals surface area (Å²) < 4.78 is 25.9. The molecule has 0 fully saturated rings. The van der Waals surface area contributed by atoms with Crippen molar-refractivity contribution in [1.29, 1.82) is 0 Å². The van der Waals surface area contributed by atoms with Gasteiger partial charge in [-0.15, -0.1) is 13.2 Å². The second kappa shape index (κ2) is 6.69. The Hall–Kier alpha value is -1.63. The smallest absolute Gasteiger partial charge is 0.337 e. The third-order valence-electron chi connectivity index (χ3n) is 2.47. The molecule has 0 spiro atoms. The fraction of sp³-hybridized carbons (Fsp3) is 0.154. The van der Waals surface area contributed by atoms with Gasteiger partial charge < -0.3 is 5.11 Å². The standard InChI is InChI=1S/C13H14ClNO4S/c1-3-7-15(8-4-2)20(18,19)10-5-6-12(14)11(9-10)13(16)17/h3-6,9H,1-2,7-8H2,(H,16,17). The number of benzene rings is 1. The Bertz CT molecular complexity index is 630. The Morgan fingerprint density at radius 1 is 1.30 bits per heavy atom. The van der Waals surface area contributed by atoms with E-state index in [1.54, 1.807) is 0 Å². The van der Waals surface area contributed by atoms with E-state index in [9.17, 15) is 13.2 Å². The number of halogens is 1. The van der Waals surface area contributed by atoms with Crippen molar-refractivity contribution in [2.45, 2.75) is 4.90 Å². The van der Waals surface area contributed by atoms with Crippen LogP contribution >= 0.6 is 11.6 Å². The SMILES string of the molecule is C=CCN(CC=C)S(=O)(=O)c1ccc(Cl)c(C(=O)O)c1. The van der Waals surface area contributed by atoms with Gasteiger partial charge in [0.25, 0.3) is 0 Å². The molecule has 1 aromatic carbocycles. The third kappa shape index (κ3) is 3.47. The van der Waals surface area contributed by atoms with Crippen molar-refractivity contribution in [2.24, 2.45) is 0 Å². The molecule has 108 valence electrons. The number of rotatable bonds is 7. The quantitative estimate of drug-likeness (QED) is 0.784. The molecule has 0 bridgehead atoms. The summed E-state index contributed by atoms with van der Waals surface area (Å²) in [6, 6.07) is 3.56. The van der Waals surface area contributed by atoms with Crippen molar-refractivity contribution < 1.29 is 18.3 Å². The molecule has 0 aliphatic carbocycles. The lowest BCUT2D eigenvalue weighted by atomic mass is 10.2. The monoisotopic (exact) mass is 315 g/mol. The molecule has 0 unspecified atom stereocenters. The molecular weight excluding hydrogens is 302 g/mol. The number of carbonyl (C=O) groups is 1. The van der Waals surface area contributed by atoms with Crippen LogP contribution in [-0.2, 0) is 10.0 Å². The Morgan fingerprint density at radius 3 is 2.30 bits per heavy atom. The number of sulfonamides is 1. The van der Waals surface area contributed by atoms with Gasteiger partial charge >= 0.3 is 5.97 Å². The van der Waals surface area contributed by atoms with E-state index in [1.807, 2.05) is 0 Å². The third-order valence-corrected chi connectivity index (χ3v) is 4.63. The van der Waals surface area contributed by atoms with E-state index in [-0.39, 0.29) is 28.6 Å². The molecule has 0 saturated carbocycles. The zero-order valence-corrected chi connectivity index (χ0v) is 12.2. The van der Waals surface area contributed by atoms with Crippen LogP contribution in [0.15, 0.2) is 48.4 Å². The van der Waals surface area contributed by atoms with Gasteiger partial charge in [0.1, 0.15) is 0 Å². The second-order valence-corrected chi connectivity index (χ2v) is 6.19. The number of nitrogens with zero attached hydrogens (tertiary/aromatic N) is 1. The van der Waals surface area contributed by atoms with Crippen molar-refractivity contribution in [2.75, 3.05) is 13.1 Å². The number of carboxylic acid groups (broad SMARTS) is 1. The summed E-state index contributed by atoms with van der Waals surface area (Å²) in [5, 5.41) is 8.96. The van der Waals surface area contributed by atoms with Gasteiger partial charge in [0.05, 0.1) is 15.5 Å². The van der Waals surface area contributed by atoms with Crippen LogP contribution in [0.4, 0.5) is 0 Å². The van der Waals surface area contributed by atoms with Gasteiger partial charge in [0, 0.05) is 13.1 Å². The first-order valence-corrected chi connectivity index (χ1v) is 7.41. The number of hydrogen-bond donors (Lipinski definition) is 1. The fourth-order valence-electron chi connectivity index (χ4n) is 1.54. The Morgan fingerprint density at radius 2 is 1.85 bits per heavy atom. The first-order valence-electron chi connectivity index (χ1n) is 5.59. The highest BCUT2D eigenvalue weighted by Crippen LogP contribution is 2.23. The summed E-state index contributed by atoms with van der Waals surface area (Å²) in [6.45, 7) is 7.18. The van der Waals surface area contributed by atoms with Crippen molar-refractivity contribution in [3.05, 3.63) is 54.1 Å². The van der Waals surface area contributed by atoms with E-state index < -0.39 is 16.0 Å². The maximum absolute atomic E-state index is 12.4. The Labute approximate surface area is 122 Å². The minimum Gasteiger partial charge on any atom is -0.478 e. The highest BCUT2D eigenvalue weighted by molar-refractivity contribution is 7.89. The van der Waals surface area contributed by atoms with Crippen LogP contribution in [0.5, 0.6) is 0 Å². The second-order valence-electron chi connectivity index (χ2n) is 3.85. The molecule has 0 atom stereocenters. The van der Waals surface area contributed by atoms with Gasteiger partial charge in [-0.1, -0.05) is 23.8 Å². The van der Waals surface area contributed by atoms with Crippen molar-refractivity contribution in [3.8, 4) is 0 Å². The molecule has 1 N–H and O–H groups in total. The fourth-order valence-corrected chi connectivity index (χ4v) is 3.14. The van der Waals surface area contributed by atoms with Crippen LogP contribution in [0.25, 0.3) is 0 Å². The maximum atomic E-state index is 12.4. The predicted molar refractivity (Wildman–Crippen MR) is 77.6 cm³/mol. The molecule has 5 nitrogen and oxygen atoms in total. The number of carboxylic acids is 1. The highest BCUT2D eigenvalue weighted by Gasteiger charge is 2.24. The van der Waals surface area contributed by atoms with Crippen LogP contribution in [-0.4, -0.2) is 36.9 Å². The van der Waals surface area contributed by atoms with Crippen molar-refractivity contribution >= 4 is 27.6 Å². The van der Waals surface area contributed by atoms with Crippen LogP contribution in [0, 0.1) is 0 Å². The molecule has 0 aliphatic heterocycles. The predicted octanol–water partition coefficient (Wildman–Crippen LogP) is 2.40. The molecule has 20 heavy (non-hydrogen) atoms. The van der Waals surface area contributed by atoms with E-state index >= 15 is 0 Å². The zero-order valence-electron chi connectivity index (χ0n) is 10.6. The van der Waals surface area contributed by atoms with Gasteiger partial charge in [-0.3, -0.25) is 0 Å². The zero-order chi connectivity index (χ0) is 15.3. The summed E-state index contributed by atoms with van der Waals surface area (Å²) in [5.41, 5.74) is -0.259. The normalized spacial score (nSPS) is 11.3. The first-order chi connectivity index (χ1) is 9.34. The molecule has 0 aliphatic rings. The van der Waals surface area contributed by atoms with E-state index in [4.69, 9.17) is 16.7 Å². The van der Waals surface area contributed by atoms with Gasteiger partial charge in [-0.2, -0.15) is 4.31 Å². The van der Waals surface area contributed by atoms with Crippen LogP contribution in [0.1, 0.15) is 10.4 Å². The van der Waals surface area contributed by atoms with E-state index in [2.05, 4.69) is 13.2 Å². The molecule has 0 aromatic heterocycles. The summed E-state index contributed by atoms with van der Waals surface area (Å²) in [7, 11) is -3.83. The number of hydrogen-bond acceptors (Lipinski definition) is 3. The first kappa shape index (κ1) is 16.4. The molecule has 1 aromatic rings. The largest absolute Gasteiger partial charge is 0.478 e. The van der Waals surface area contributed by atoms with E-state index in [0.29, 0.717) is 0 Å². The average Bonchev–Trinajstić information content (AvgIpc) is 2.38. The van der Waals surface area contributed by atoms with Crippen LogP contribution in [0.3, 0.4) is 0 Å². The van der Waals surface area contributed by atoms with Gasteiger partial charge in [0.15, 0.2) is 0 Å². The van der Waals surface area contributed by atoms with Crippen molar-refractivity contribution in [3.63, 3.8) is 0 Å². The minimum atomic E-state index is -3.83. The minimum absolute atomic E-state index is 0.0181. The lowest BCUT2D eigenvalue weighted by molar-refractivity contribution is 0.0697. The van der Waals surface area contributed by atoms with Crippen LogP contribution in [0.2, 0.25) is 5.02 Å². The van der Waals surface area contributed by atoms with Gasteiger partial charge in [-0.25, -0.2) is 13.2 Å². The summed E-state index contributed by atoms with van der Waals surface area (Å²) >= 11 is 5.72. The summed E-state index contributed by atoms with van der Waals surface area (Å²) in [5.74, 6) is -1.29.